The second kappa shape index (κ2) is 4.87. The highest BCUT2D eigenvalue weighted by Crippen LogP contribution is 2.17. The third-order valence-electron chi connectivity index (χ3n) is 1.49. The number of hydrogen-bond acceptors (Lipinski definition) is 3. The zero-order valence-electron chi connectivity index (χ0n) is 7.58. The number of nitrogens with one attached hydrogen (secondary N) is 1. The standard InChI is InChI=1S/C9H13N3S/c1-2-5-13-7-3-4-8(9(10)11)12-6-7/h3-4,6H,2,5H2,1H3,(H3,10,11). The fourth-order valence-corrected chi connectivity index (χ4v) is 1.58. The van der Waals surface area contributed by atoms with Crippen LogP contribution in [0.1, 0.15) is 19.0 Å². The summed E-state index contributed by atoms with van der Waals surface area (Å²) in [6.45, 7) is 2.14. The number of nitrogen functional groups attached to an aromatic ring is 1. The molecule has 4 heteroatoms. The summed E-state index contributed by atoms with van der Waals surface area (Å²) >= 11 is 1.77. The van der Waals surface area contributed by atoms with E-state index in [4.69, 9.17) is 11.1 Å². The minimum atomic E-state index is 0.0204. The molecule has 0 bridgehead atoms. The molecule has 1 aromatic rings. The summed E-state index contributed by atoms with van der Waals surface area (Å²) in [7, 11) is 0. The van der Waals surface area contributed by atoms with Crippen molar-refractivity contribution in [3.8, 4) is 0 Å². The average Bonchev–Trinajstić information content (AvgIpc) is 2.15. The minimum absolute atomic E-state index is 0.0204. The maximum Gasteiger partial charge on any atom is 0.141 e. The minimum Gasteiger partial charge on any atom is -0.382 e. The Morgan fingerprint density at radius 2 is 2.38 bits per heavy atom. The maximum atomic E-state index is 7.15. The summed E-state index contributed by atoms with van der Waals surface area (Å²) in [6.07, 6.45) is 2.91. The molecule has 0 aliphatic heterocycles. The highest BCUT2D eigenvalue weighted by atomic mass is 32.2. The number of hydrogen-bond donors (Lipinski definition) is 2. The van der Waals surface area contributed by atoms with Crippen molar-refractivity contribution in [1.82, 2.24) is 4.98 Å². The second-order valence-corrected chi connectivity index (χ2v) is 3.81. The number of nitrogens with two attached hydrogens (primary N) is 1. The van der Waals surface area contributed by atoms with Crippen LogP contribution < -0.4 is 5.73 Å². The van der Waals surface area contributed by atoms with Gasteiger partial charge in [0.05, 0.1) is 0 Å². The number of rotatable bonds is 4. The first-order valence-corrected chi connectivity index (χ1v) is 5.16. The molecule has 0 saturated heterocycles. The van der Waals surface area contributed by atoms with Gasteiger partial charge in [-0.25, -0.2) is 0 Å². The van der Waals surface area contributed by atoms with Crippen LogP contribution in [-0.2, 0) is 0 Å². The second-order valence-electron chi connectivity index (χ2n) is 2.64. The van der Waals surface area contributed by atoms with Gasteiger partial charge in [-0.05, 0) is 24.3 Å². The van der Waals surface area contributed by atoms with E-state index in [1.807, 2.05) is 6.07 Å². The lowest BCUT2D eigenvalue weighted by atomic mass is 10.3. The van der Waals surface area contributed by atoms with Gasteiger partial charge in [0.15, 0.2) is 0 Å². The first kappa shape index (κ1) is 10.1. The Labute approximate surface area is 82.3 Å². The molecule has 70 valence electrons. The number of nitrogens with zero attached hydrogens (tertiary/aromatic N) is 1. The van der Waals surface area contributed by atoms with Crippen LogP contribution >= 0.6 is 11.8 Å². The van der Waals surface area contributed by atoms with Crippen molar-refractivity contribution in [2.45, 2.75) is 18.2 Å². The van der Waals surface area contributed by atoms with Crippen LogP contribution in [0.4, 0.5) is 0 Å². The summed E-state index contributed by atoms with van der Waals surface area (Å²) in [6, 6.07) is 3.73. The Bertz CT molecular complexity index is 281. The molecule has 0 fully saturated rings. The zero-order valence-corrected chi connectivity index (χ0v) is 8.40. The number of pyridine rings is 1. The molecule has 0 aliphatic carbocycles. The Morgan fingerprint density at radius 1 is 1.62 bits per heavy atom. The van der Waals surface area contributed by atoms with E-state index in [2.05, 4.69) is 11.9 Å². The van der Waals surface area contributed by atoms with Gasteiger partial charge in [-0.15, -0.1) is 11.8 Å². The quantitative estimate of drug-likeness (QED) is 0.438. The van der Waals surface area contributed by atoms with Crippen molar-refractivity contribution in [2.75, 3.05) is 5.75 Å². The molecule has 3 N–H and O–H groups in total. The summed E-state index contributed by atoms with van der Waals surface area (Å²) in [5, 5.41) is 7.15. The predicted molar refractivity (Wildman–Crippen MR) is 56.3 cm³/mol. The van der Waals surface area contributed by atoms with Crippen LogP contribution in [0.2, 0.25) is 0 Å². The topological polar surface area (TPSA) is 62.8 Å². The predicted octanol–water partition coefficient (Wildman–Crippen LogP) is 1.87. The molecule has 3 nitrogen and oxygen atoms in total. The molecule has 13 heavy (non-hydrogen) atoms. The highest BCUT2D eigenvalue weighted by Gasteiger charge is 1.97. The van der Waals surface area contributed by atoms with Gasteiger partial charge in [0.2, 0.25) is 0 Å². The molecule has 0 atom stereocenters. The smallest absolute Gasteiger partial charge is 0.141 e. The van der Waals surface area contributed by atoms with Crippen molar-refractivity contribution < 1.29 is 0 Å². The van der Waals surface area contributed by atoms with E-state index in [0.717, 1.165) is 17.1 Å². The van der Waals surface area contributed by atoms with Crippen LogP contribution in [-0.4, -0.2) is 16.6 Å². The third-order valence-corrected chi connectivity index (χ3v) is 2.67. The highest BCUT2D eigenvalue weighted by molar-refractivity contribution is 7.99. The van der Waals surface area contributed by atoms with E-state index in [1.54, 1.807) is 24.0 Å². The summed E-state index contributed by atoms with van der Waals surface area (Å²) < 4.78 is 0. The summed E-state index contributed by atoms with van der Waals surface area (Å²) in [5.74, 6) is 1.12. The monoisotopic (exact) mass is 195 g/mol. The lowest BCUT2D eigenvalue weighted by Gasteiger charge is -2.00. The van der Waals surface area contributed by atoms with E-state index in [9.17, 15) is 0 Å². The van der Waals surface area contributed by atoms with Crippen molar-refractivity contribution in [3.63, 3.8) is 0 Å². The Kier molecular flexibility index (Phi) is 3.76. The van der Waals surface area contributed by atoms with Crippen LogP contribution in [0.5, 0.6) is 0 Å². The lowest BCUT2D eigenvalue weighted by molar-refractivity contribution is 1.10. The molecule has 0 aliphatic rings. The molecule has 0 saturated carbocycles. The van der Waals surface area contributed by atoms with Gasteiger partial charge < -0.3 is 5.73 Å². The zero-order chi connectivity index (χ0) is 9.68. The van der Waals surface area contributed by atoms with E-state index < -0.39 is 0 Å². The first-order chi connectivity index (χ1) is 6.24. The third kappa shape index (κ3) is 3.06. The van der Waals surface area contributed by atoms with Crippen LogP contribution in [0, 0.1) is 5.41 Å². The number of aromatic nitrogens is 1. The summed E-state index contributed by atoms with van der Waals surface area (Å²) in [5.41, 5.74) is 5.82. The van der Waals surface area contributed by atoms with Gasteiger partial charge >= 0.3 is 0 Å². The van der Waals surface area contributed by atoms with Gasteiger partial charge in [-0.2, -0.15) is 0 Å². The Morgan fingerprint density at radius 3 is 2.85 bits per heavy atom. The molecule has 0 radical (unpaired) electrons. The van der Waals surface area contributed by atoms with Crippen LogP contribution in [0.3, 0.4) is 0 Å². The fourth-order valence-electron chi connectivity index (χ4n) is 0.845. The normalized spacial score (nSPS) is 9.92. The summed E-state index contributed by atoms with van der Waals surface area (Å²) in [4.78, 5) is 5.19. The van der Waals surface area contributed by atoms with E-state index in [0.29, 0.717) is 5.69 Å². The molecule has 1 aromatic heterocycles. The lowest BCUT2D eigenvalue weighted by Crippen LogP contribution is -2.12. The van der Waals surface area contributed by atoms with Crippen molar-refractivity contribution in [3.05, 3.63) is 24.0 Å². The number of thioether (sulfide) groups is 1. The molecular formula is C9H13N3S. The van der Waals surface area contributed by atoms with Crippen molar-refractivity contribution in [2.24, 2.45) is 5.73 Å². The van der Waals surface area contributed by atoms with Gasteiger partial charge in [-0.1, -0.05) is 6.92 Å². The first-order valence-electron chi connectivity index (χ1n) is 4.17. The molecular weight excluding hydrogens is 182 g/mol. The fraction of sp³-hybridized carbons (Fsp3) is 0.333. The average molecular weight is 195 g/mol. The molecule has 0 spiro atoms. The molecule has 0 amide bonds. The van der Waals surface area contributed by atoms with Crippen LogP contribution in [0.15, 0.2) is 23.2 Å². The maximum absolute atomic E-state index is 7.15. The van der Waals surface area contributed by atoms with Gasteiger partial charge in [0.25, 0.3) is 0 Å². The van der Waals surface area contributed by atoms with Crippen molar-refractivity contribution in [1.29, 1.82) is 5.41 Å². The number of amidine groups is 1. The molecule has 1 heterocycles. The Hall–Kier alpha value is -1.03. The largest absolute Gasteiger partial charge is 0.382 e. The van der Waals surface area contributed by atoms with Crippen molar-refractivity contribution >= 4 is 17.6 Å². The van der Waals surface area contributed by atoms with Gasteiger partial charge in [0, 0.05) is 11.1 Å². The van der Waals surface area contributed by atoms with Gasteiger partial charge in [0.1, 0.15) is 11.5 Å². The van der Waals surface area contributed by atoms with Gasteiger partial charge in [-0.3, -0.25) is 10.4 Å². The van der Waals surface area contributed by atoms with E-state index in [-0.39, 0.29) is 5.84 Å². The van der Waals surface area contributed by atoms with Crippen LogP contribution in [0.25, 0.3) is 0 Å². The molecule has 0 aromatic carbocycles. The molecule has 0 unspecified atom stereocenters. The SMILES string of the molecule is CCCSc1ccc(C(=N)N)nc1. The van der Waals surface area contributed by atoms with E-state index in [1.165, 1.54) is 0 Å². The van der Waals surface area contributed by atoms with E-state index >= 15 is 0 Å². The molecule has 1 rings (SSSR count). The Balaban J connectivity index is 2.64.